The van der Waals surface area contributed by atoms with E-state index in [2.05, 4.69) is 10.6 Å². The van der Waals surface area contributed by atoms with Crippen LogP contribution in [0.3, 0.4) is 0 Å². The van der Waals surface area contributed by atoms with E-state index in [1.165, 1.54) is 7.11 Å². The van der Waals surface area contributed by atoms with Crippen molar-refractivity contribution in [2.45, 2.75) is 45.3 Å². The third-order valence-corrected chi connectivity index (χ3v) is 2.88. The number of rotatable bonds is 3. The molecule has 20 heavy (non-hydrogen) atoms. The fraction of sp³-hybridized carbons (Fsp3) is 0.769. The molecule has 2 N–H and O–H groups in total. The van der Waals surface area contributed by atoms with Crippen molar-refractivity contribution in [2.24, 2.45) is 5.92 Å². The Hall–Kier alpha value is -1.79. The summed E-state index contributed by atoms with van der Waals surface area (Å²) in [5.74, 6) is -1.000. The SMILES string of the molecule is COC(=O)C(NC(=O)OC(C)(C)C)C1CCNC(=O)C1. The summed E-state index contributed by atoms with van der Waals surface area (Å²) in [5.41, 5.74) is -0.658. The summed E-state index contributed by atoms with van der Waals surface area (Å²) in [7, 11) is 1.25. The number of carbonyl (C=O) groups excluding carboxylic acids is 3. The molecule has 0 bridgehead atoms. The van der Waals surface area contributed by atoms with Crippen molar-refractivity contribution in [1.29, 1.82) is 0 Å². The number of amides is 2. The first-order valence-electron chi connectivity index (χ1n) is 6.57. The Morgan fingerprint density at radius 1 is 1.40 bits per heavy atom. The Kier molecular flexibility index (Phi) is 5.35. The van der Waals surface area contributed by atoms with Crippen LogP contribution in [0.1, 0.15) is 33.6 Å². The van der Waals surface area contributed by atoms with Crippen molar-refractivity contribution < 1.29 is 23.9 Å². The van der Waals surface area contributed by atoms with Gasteiger partial charge in [-0.1, -0.05) is 0 Å². The lowest BCUT2D eigenvalue weighted by molar-refractivity contribution is -0.145. The van der Waals surface area contributed by atoms with Crippen LogP contribution in [0.2, 0.25) is 0 Å². The molecule has 7 heteroatoms. The number of hydrogen-bond acceptors (Lipinski definition) is 5. The smallest absolute Gasteiger partial charge is 0.408 e. The number of alkyl carbamates (subject to hydrolysis) is 1. The lowest BCUT2D eigenvalue weighted by Crippen LogP contribution is -2.51. The third-order valence-electron chi connectivity index (χ3n) is 2.88. The van der Waals surface area contributed by atoms with Gasteiger partial charge in [0.05, 0.1) is 7.11 Å². The quantitative estimate of drug-likeness (QED) is 0.740. The van der Waals surface area contributed by atoms with Crippen LogP contribution in [-0.4, -0.2) is 43.3 Å². The second-order valence-corrected chi connectivity index (χ2v) is 5.75. The maximum atomic E-state index is 11.8. The molecule has 7 nitrogen and oxygen atoms in total. The molecular weight excluding hydrogens is 264 g/mol. The van der Waals surface area contributed by atoms with Gasteiger partial charge in [-0.15, -0.1) is 0 Å². The summed E-state index contributed by atoms with van der Waals surface area (Å²) in [6.45, 7) is 5.67. The van der Waals surface area contributed by atoms with E-state index < -0.39 is 23.7 Å². The molecule has 2 unspecified atom stereocenters. The van der Waals surface area contributed by atoms with Gasteiger partial charge in [0.25, 0.3) is 0 Å². The van der Waals surface area contributed by atoms with Crippen LogP contribution in [0.4, 0.5) is 4.79 Å². The molecule has 2 amide bonds. The van der Waals surface area contributed by atoms with Crippen molar-refractivity contribution in [3.05, 3.63) is 0 Å². The van der Waals surface area contributed by atoms with Gasteiger partial charge in [0.2, 0.25) is 5.91 Å². The molecule has 1 aliphatic heterocycles. The average Bonchev–Trinajstić information content (AvgIpc) is 2.33. The van der Waals surface area contributed by atoms with Crippen LogP contribution in [0.5, 0.6) is 0 Å². The van der Waals surface area contributed by atoms with Crippen molar-refractivity contribution in [3.8, 4) is 0 Å². The minimum Gasteiger partial charge on any atom is -0.467 e. The maximum Gasteiger partial charge on any atom is 0.408 e. The van der Waals surface area contributed by atoms with E-state index >= 15 is 0 Å². The van der Waals surface area contributed by atoms with Gasteiger partial charge in [-0.05, 0) is 27.2 Å². The van der Waals surface area contributed by atoms with E-state index in [1.807, 2.05) is 0 Å². The Bertz CT molecular complexity index is 389. The van der Waals surface area contributed by atoms with Gasteiger partial charge in [-0.25, -0.2) is 9.59 Å². The Morgan fingerprint density at radius 3 is 2.55 bits per heavy atom. The molecule has 1 fully saturated rings. The summed E-state index contributed by atoms with van der Waals surface area (Å²) in [6.07, 6.45) is 0.0792. The molecule has 2 atom stereocenters. The molecule has 1 rings (SSSR count). The topological polar surface area (TPSA) is 93.7 Å². The highest BCUT2D eigenvalue weighted by Gasteiger charge is 2.35. The summed E-state index contributed by atoms with van der Waals surface area (Å²) >= 11 is 0. The van der Waals surface area contributed by atoms with E-state index in [0.29, 0.717) is 13.0 Å². The predicted molar refractivity (Wildman–Crippen MR) is 70.9 cm³/mol. The number of methoxy groups -OCH3 is 1. The molecule has 114 valence electrons. The number of carbonyl (C=O) groups is 3. The number of hydrogen-bond donors (Lipinski definition) is 2. The van der Waals surface area contributed by atoms with E-state index in [9.17, 15) is 14.4 Å². The van der Waals surface area contributed by atoms with Crippen molar-refractivity contribution in [2.75, 3.05) is 13.7 Å². The van der Waals surface area contributed by atoms with Gasteiger partial charge >= 0.3 is 12.1 Å². The number of esters is 1. The van der Waals surface area contributed by atoms with Gasteiger partial charge in [-0.2, -0.15) is 0 Å². The number of nitrogens with one attached hydrogen (secondary N) is 2. The van der Waals surface area contributed by atoms with E-state index in [4.69, 9.17) is 9.47 Å². The molecule has 0 aliphatic carbocycles. The molecule has 0 aromatic heterocycles. The lowest BCUT2D eigenvalue weighted by Gasteiger charge is -2.29. The third kappa shape index (κ3) is 5.07. The average molecular weight is 286 g/mol. The first kappa shape index (κ1) is 16.3. The Morgan fingerprint density at radius 2 is 2.05 bits per heavy atom. The zero-order valence-electron chi connectivity index (χ0n) is 12.3. The van der Waals surface area contributed by atoms with Crippen LogP contribution in [0.15, 0.2) is 0 Å². The van der Waals surface area contributed by atoms with E-state index in [0.717, 1.165) is 0 Å². The highest BCUT2D eigenvalue weighted by atomic mass is 16.6. The fourth-order valence-corrected chi connectivity index (χ4v) is 2.02. The highest BCUT2D eigenvalue weighted by Crippen LogP contribution is 2.19. The Balaban J connectivity index is 2.72. The highest BCUT2D eigenvalue weighted by molar-refractivity contribution is 5.84. The van der Waals surface area contributed by atoms with Gasteiger partial charge < -0.3 is 20.1 Å². The molecule has 0 spiro atoms. The second-order valence-electron chi connectivity index (χ2n) is 5.75. The van der Waals surface area contributed by atoms with Gasteiger partial charge in [0, 0.05) is 18.9 Å². The minimum atomic E-state index is -0.874. The molecule has 0 radical (unpaired) electrons. The largest absolute Gasteiger partial charge is 0.467 e. The first-order valence-corrected chi connectivity index (χ1v) is 6.57. The maximum absolute atomic E-state index is 11.8. The van der Waals surface area contributed by atoms with Gasteiger partial charge in [-0.3, -0.25) is 4.79 Å². The molecule has 0 aromatic rings. The fourth-order valence-electron chi connectivity index (χ4n) is 2.02. The summed E-state index contributed by atoms with van der Waals surface area (Å²) in [4.78, 5) is 35.0. The predicted octanol–water partition coefficient (Wildman–Crippen LogP) is 0.579. The Labute approximate surface area is 118 Å². The molecule has 1 heterocycles. The summed E-state index contributed by atoms with van der Waals surface area (Å²) < 4.78 is 9.81. The monoisotopic (exact) mass is 286 g/mol. The summed E-state index contributed by atoms with van der Waals surface area (Å²) in [6, 6.07) is -0.874. The van der Waals surface area contributed by atoms with Crippen molar-refractivity contribution in [1.82, 2.24) is 10.6 Å². The van der Waals surface area contributed by atoms with Crippen molar-refractivity contribution >= 4 is 18.0 Å². The molecular formula is C13H22N2O5. The van der Waals surface area contributed by atoms with Crippen LogP contribution in [0, 0.1) is 5.92 Å². The van der Waals surface area contributed by atoms with Gasteiger partial charge in [0.15, 0.2) is 0 Å². The van der Waals surface area contributed by atoms with E-state index in [1.54, 1.807) is 20.8 Å². The van der Waals surface area contributed by atoms with Crippen LogP contribution in [0.25, 0.3) is 0 Å². The molecule has 0 saturated carbocycles. The molecule has 1 saturated heterocycles. The lowest BCUT2D eigenvalue weighted by atomic mass is 9.90. The number of piperidine rings is 1. The first-order chi connectivity index (χ1) is 9.23. The standard InChI is InChI=1S/C13H22N2O5/c1-13(2,3)20-12(18)15-10(11(17)19-4)8-5-6-14-9(16)7-8/h8,10H,5-7H2,1-4H3,(H,14,16)(H,15,18). The second kappa shape index (κ2) is 6.58. The van der Waals surface area contributed by atoms with E-state index in [-0.39, 0.29) is 18.2 Å². The zero-order valence-corrected chi connectivity index (χ0v) is 12.3. The normalized spacial score (nSPS) is 20.6. The minimum absolute atomic E-state index is 0.138. The summed E-state index contributed by atoms with van der Waals surface area (Å²) in [5, 5.41) is 5.18. The van der Waals surface area contributed by atoms with Crippen LogP contribution in [-0.2, 0) is 19.1 Å². The van der Waals surface area contributed by atoms with Gasteiger partial charge in [0.1, 0.15) is 11.6 Å². The van der Waals surface area contributed by atoms with Crippen molar-refractivity contribution in [3.63, 3.8) is 0 Å². The number of ether oxygens (including phenoxy) is 2. The molecule has 1 aliphatic rings. The molecule has 0 aromatic carbocycles. The van der Waals surface area contributed by atoms with Crippen LogP contribution < -0.4 is 10.6 Å². The zero-order chi connectivity index (χ0) is 15.3. The van der Waals surface area contributed by atoms with Crippen LogP contribution >= 0.6 is 0 Å².